The number of ether oxygens (including phenoxy) is 1. The number of phenols is 3. The maximum absolute atomic E-state index is 13.5. The molecule has 2 aromatic carbocycles. The van der Waals surface area contributed by atoms with Crippen LogP contribution in [-0.2, 0) is 11.8 Å². The number of aryl methyl sites for hydroxylation is 1. The van der Waals surface area contributed by atoms with E-state index in [1.807, 2.05) is 20.8 Å². The number of aromatic hydroxyl groups is 3. The first kappa shape index (κ1) is 20.3. The van der Waals surface area contributed by atoms with Crippen molar-refractivity contribution in [3.8, 4) is 23.0 Å². The summed E-state index contributed by atoms with van der Waals surface area (Å²) >= 11 is 0. The minimum Gasteiger partial charge on any atom is -0.507 e. The van der Waals surface area contributed by atoms with Gasteiger partial charge in [0.25, 0.3) is 0 Å². The number of benzene rings is 2. The molecule has 4 N–H and O–H groups in total. The van der Waals surface area contributed by atoms with Crippen molar-refractivity contribution in [1.29, 1.82) is 0 Å². The molecule has 1 unspecified atom stereocenters. The first-order valence-electron chi connectivity index (χ1n) is 9.92. The van der Waals surface area contributed by atoms with E-state index in [1.165, 1.54) is 12.1 Å². The zero-order valence-corrected chi connectivity index (χ0v) is 17.7. The Morgan fingerprint density at radius 1 is 1.10 bits per heavy atom. The molecule has 0 bridgehead atoms. The van der Waals surface area contributed by atoms with Gasteiger partial charge in [-0.15, -0.1) is 0 Å². The summed E-state index contributed by atoms with van der Waals surface area (Å²) in [5.74, 6) is -0.677. The first-order valence-corrected chi connectivity index (χ1v) is 9.92. The quantitative estimate of drug-likeness (QED) is 0.380. The third-order valence-electron chi connectivity index (χ3n) is 6.19. The van der Waals surface area contributed by atoms with Crippen LogP contribution in [0.4, 0.5) is 0 Å². The van der Waals surface area contributed by atoms with Gasteiger partial charge in [0.05, 0.1) is 11.0 Å². The molecule has 0 amide bonds. The van der Waals surface area contributed by atoms with Gasteiger partial charge in [-0.25, -0.2) is 0 Å². The van der Waals surface area contributed by atoms with Crippen LogP contribution in [0.1, 0.15) is 52.2 Å². The van der Waals surface area contributed by atoms with Crippen LogP contribution in [0.2, 0.25) is 0 Å². The third kappa shape index (κ3) is 2.88. The highest BCUT2D eigenvalue weighted by molar-refractivity contribution is 5.99. The Morgan fingerprint density at radius 3 is 2.40 bits per heavy atom. The van der Waals surface area contributed by atoms with Crippen molar-refractivity contribution in [3.05, 3.63) is 33.5 Å². The predicted octanol–water partition coefficient (Wildman–Crippen LogP) is 3.83. The summed E-state index contributed by atoms with van der Waals surface area (Å²) in [6.45, 7) is 9.07. The van der Waals surface area contributed by atoms with Crippen molar-refractivity contribution in [3.63, 3.8) is 0 Å². The standard InChI is InChI=1S/C23H26O7/c1-10-23(4,5)18-15(29-10)8-12(24)17-20(27)16-11(6-7-22(2,3)28)19(26)13(25)9-14(16)30-21(17)18/h8-10,24-26,28H,6-7H2,1-5H3. The Balaban J connectivity index is 2.12. The lowest BCUT2D eigenvalue weighted by Gasteiger charge is -2.23. The van der Waals surface area contributed by atoms with Crippen molar-refractivity contribution in [2.24, 2.45) is 0 Å². The summed E-state index contributed by atoms with van der Waals surface area (Å²) in [6, 6.07) is 2.62. The van der Waals surface area contributed by atoms with Crippen LogP contribution in [0.5, 0.6) is 23.0 Å². The highest BCUT2D eigenvalue weighted by Crippen LogP contribution is 2.49. The summed E-state index contributed by atoms with van der Waals surface area (Å²) in [6.07, 6.45) is 0.174. The molecule has 3 aromatic rings. The summed E-state index contributed by atoms with van der Waals surface area (Å²) < 4.78 is 11.9. The van der Waals surface area contributed by atoms with E-state index in [1.54, 1.807) is 13.8 Å². The molecule has 160 valence electrons. The Hall–Kier alpha value is -2.93. The molecule has 1 atom stereocenters. The Kier molecular flexibility index (Phi) is 4.26. The fraction of sp³-hybridized carbons (Fsp3) is 0.435. The molecule has 1 aliphatic heterocycles. The lowest BCUT2D eigenvalue weighted by Crippen LogP contribution is -2.29. The van der Waals surface area contributed by atoms with Gasteiger partial charge in [-0.1, -0.05) is 13.8 Å². The second-order valence-electron chi connectivity index (χ2n) is 9.29. The van der Waals surface area contributed by atoms with E-state index in [9.17, 15) is 25.2 Å². The van der Waals surface area contributed by atoms with Crippen molar-refractivity contribution >= 4 is 21.9 Å². The smallest absolute Gasteiger partial charge is 0.204 e. The van der Waals surface area contributed by atoms with E-state index >= 15 is 0 Å². The molecule has 7 nitrogen and oxygen atoms in total. The Morgan fingerprint density at radius 2 is 1.77 bits per heavy atom. The van der Waals surface area contributed by atoms with Gasteiger partial charge in [0.2, 0.25) is 5.43 Å². The third-order valence-corrected chi connectivity index (χ3v) is 6.19. The van der Waals surface area contributed by atoms with Crippen LogP contribution >= 0.6 is 0 Å². The summed E-state index contributed by atoms with van der Waals surface area (Å²) in [7, 11) is 0. The summed E-state index contributed by atoms with van der Waals surface area (Å²) in [5, 5.41) is 41.4. The molecule has 2 heterocycles. The van der Waals surface area contributed by atoms with Crippen LogP contribution in [0.3, 0.4) is 0 Å². The van der Waals surface area contributed by atoms with Gasteiger partial charge in [0.1, 0.15) is 34.2 Å². The van der Waals surface area contributed by atoms with Crippen LogP contribution in [0, 0.1) is 0 Å². The minimum atomic E-state index is -1.04. The van der Waals surface area contributed by atoms with E-state index in [4.69, 9.17) is 9.15 Å². The minimum absolute atomic E-state index is 0.00150. The fourth-order valence-corrected chi connectivity index (χ4v) is 4.11. The highest BCUT2D eigenvalue weighted by atomic mass is 16.5. The lowest BCUT2D eigenvalue weighted by atomic mass is 9.80. The van der Waals surface area contributed by atoms with E-state index in [0.29, 0.717) is 11.3 Å². The topological polar surface area (TPSA) is 120 Å². The van der Waals surface area contributed by atoms with E-state index in [0.717, 1.165) is 0 Å². The molecule has 4 rings (SSSR count). The molecule has 1 aromatic heterocycles. The van der Waals surface area contributed by atoms with Crippen LogP contribution in [0.25, 0.3) is 21.9 Å². The average Bonchev–Trinajstić information content (AvgIpc) is 2.83. The largest absolute Gasteiger partial charge is 0.507 e. The Labute approximate surface area is 173 Å². The van der Waals surface area contributed by atoms with Gasteiger partial charge in [-0.05, 0) is 33.6 Å². The van der Waals surface area contributed by atoms with Crippen molar-refractivity contribution < 1.29 is 29.6 Å². The SMILES string of the molecule is CC1Oc2cc(O)c3c(=O)c4c(CCC(C)(C)O)c(O)c(O)cc4oc3c2C1(C)C. The zero-order valence-electron chi connectivity index (χ0n) is 17.7. The molecule has 0 aliphatic carbocycles. The number of hydrogen-bond acceptors (Lipinski definition) is 7. The molecule has 0 spiro atoms. The molecule has 30 heavy (non-hydrogen) atoms. The monoisotopic (exact) mass is 414 g/mol. The predicted molar refractivity (Wildman–Crippen MR) is 113 cm³/mol. The van der Waals surface area contributed by atoms with Crippen molar-refractivity contribution in [1.82, 2.24) is 0 Å². The lowest BCUT2D eigenvalue weighted by molar-refractivity contribution is 0.0713. The van der Waals surface area contributed by atoms with Crippen molar-refractivity contribution in [2.75, 3.05) is 0 Å². The van der Waals surface area contributed by atoms with E-state index in [-0.39, 0.29) is 52.2 Å². The number of fused-ring (bicyclic) bond motifs is 4. The molecular formula is C23H26O7. The fourth-order valence-electron chi connectivity index (χ4n) is 4.11. The van der Waals surface area contributed by atoms with Crippen LogP contribution < -0.4 is 10.2 Å². The second-order valence-corrected chi connectivity index (χ2v) is 9.29. The molecule has 0 saturated heterocycles. The van der Waals surface area contributed by atoms with Gasteiger partial charge < -0.3 is 29.6 Å². The first-order chi connectivity index (χ1) is 13.8. The number of rotatable bonds is 3. The molecule has 1 aliphatic rings. The molecule has 0 radical (unpaired) electrons. The maximum Gasteiger partial charge on any atom is 0.204 e. The maximum atomic E-state index is 13.5. The van der Waals surface area contributed by atoms with E-state index in [2.05, 4.69) is 0 Å². The summed E-state index contributed by atoms with van der Waals surface area (Å²) in [5.41, 5.74) is -0.885. The normalized spacial score (nSPS) is 18.0. The second kappa shape index (κ2) is 6.28. The van der Waals surface area contributed by atoms with Gasteiger partial charge >= 0.3 is 0 Å². The van der Waals surface area contributed by atoms with Crippen LogP contribution in [0.15, 0.2) is 21.3 Å². The number of aliphatic hydroxyl groups is 1. The number of hydrogen-bond donors (Lipinski definition) is 4. The average molecular weight is 414 g/mol. The molecule has 0 saturated carbocycles. The van der Waals surface area contributed by atoms with Gasteiger partial charge in [-0.3, -0.25) is 4.79 Å². The van der Waals surface area contributed by atoms with E-state index < -0.39 is 27.9 Å². The van der Waals surface area contributed by atoms with Gasteiger partial charge in [0, 0.05) is 28.7 Å². The van der Waals surface area contributed by atoms with Gasteiger partial charge in [0.15, 0.2) is 11.5 Å². The van der Waals surface area contributed by atoms with Gasteiger partial charge in [-0.2, -0.15) is 0 Å². The molecular weight excluding hydrogens is 388 g/mol. The Bertz CT molecular complexity index is 1250. The van der Waals surface area contributed by atoms with Crippen molar-refractivity contribution in [2.45, 2.75) is 64.6 Å². The molecule has 0 fully saturated rings. The molecule has 7 heteroatoms. The number of phenolic OH excluding ortho intramolecular Hbond substituents is 3. The zero-order chi connectivity index (χ0) is 22.2. The van der Waals surface area contributed by atoms with Crippen LogP contribution in [-0.4, -0.2) is 32.1 Å². The highest BCUT2D eigenvalue weighted by Gasteiger charge is 2.42. The summed E-state index contributed by atoms with van der Waals surface area (Å²) in [4.78, 5) is 13.5.